The summed E-state index contributed by atoms with van der Waals surface area (Å²) in [5.41, 5.74) is 0.0411. The molecule has 2 atom stereocenters. The second-order valence-electron chi connectivity index (χ2n) is 7.53. The summed E-state index contributed by atoms with van der Waals surface area (Å²) in [6.45, 7) is 0.651. The summed E-state index contributed by atoms with van der Waals surface area (Å²) in [6, 6.07) is 13.1. The molecule has 7 nitrogen and oxygen atoms in total. The summed E-state index contributed by atoms with van der Waals surface area (Å²) < 4.78 is 4.68. The van der Waals surface area contributed by atoms with Gasteiger partial charge in [0.2, 0.25) is 0 Å². The third-order valence-corrected chi connectivity index (χ3v) is 5.48. The van der Waals surface area contributed by atoms with E-state index in [9.17, 15) is 19.8 Å². The van der Waals surface area contributed by atoms with E-state index in [0.717, 1.165) is 5.56 Å². The lowest BCUT2D eigenvalue weighted by Crippen LogP contribution is -2.60. The molecule has 154 valence electrons. The molecule has 0 unspecified atom stereocenters. The topological polar surface area (TPSA) is 90.3 Å². The minimum atomic E-state index is -1.09. The molecule has 29 heavy (non-hydrogen) atoms. The van der Waals surface area contributed by atoms with E-state index in [4.69, 9.17) is 0 Å². The first kappa shape index (κ1) is 20.8. The van der Waals surface area contributed by atoms with Crippen molar-refractivity contribution >= 4 is 11.9 Å². The van der Waals surface area contributed by atoms with Gasteiger partial charge in [0, 0.05) is 18.7 Å². The first-order valence-corrected chi connectivity index (χ1v) is 9.42. The van der Waals surface area contributed by atoms with Crippen LogP contribution < -0.4 is 0 Å². The maximum absolute atomic E-state index is 13.1. The highest BCUT2D eigenvalue weighted by molar-refractivity contribution is 5.98. The van der Waals surface area contributed by atoms with Crippen LogP contribution in [0.25, 0.3) is 0 Å². The molecule has 1 aliphatic rings. The molecule has 0 aromatic heterocycles. The number of phenols is 1. The molecule has 1 saturated heterocycles. The Morgan fingerprint density at radius 2 is 1.79 bits per heavy atom. The Hall–Kier alpha value is -2.90. The van der Waals surface area contributed by atoms with Gasteiger partial charge in [-0.05, 0) is 44.3 Å². The van der Waals surface area contributed by atoms with Gasteiger partial charge < -0.3 is 24.7 Å². The number of likely N-dealkylation sites (tertiary alicyclic amines) is 1. The van der Waals surface area contributed by atoms with Crippen molar-refractivity contribution in [2.45, 2.75) is 18.1 Å². The van der Waals surface area contributed by atoms with E-state index in [0.29, 0.717) is 19.5 Å². The average Bonchev–Trinajstić information content (AvgIpc) is 2.73. The van der Waals surface area contributed by atoms with Crippen LogP contribution in [-0.2, 0) is 10.3 Å². The summed E-state index contributed by atoms with van der Waals surface area (Å²) >= 11 is 0. The lowest BCUT2D eigenvalue weighted by molar-refractivity contribution is -0.0810. The summed E-state index contributed by atoms with van der Waals surface area (Å²) in [5, 5.41) is 21.4. The number of phenolic OH excluding ortho intramolecular Hbond substituents is 1. The van der Waals surface area contributed by atoms with E-state index in [1.54, 1.807) is 4.90 Å². The zero-order valence-electron chi connectivity index (χ0n) is 16.8. The van der Waals surface area contributed by atoms with E-state index in [-0.39, 0.29) is 28.8 Å². The van der Waals surface area contributed by atoms with Crippen molar-refractivity contribution in [1.29, 1.82) is 0 Å². The van der Waals surface area contributed by atoms with Crippen molar-refractivity contribution in [3.8, 4) is 5.75 Å². The van der Waals surface area contributed by atoms with Crippen molar-refractivity contribution in [3.63, 3.8) is 0 Å². The molecule has 2 aromatic rings. The summed E-state index contributed by atoms with van der Waals surface area (Å²) in [7, 11) is 4.98. The fourth-order valence-electron chi connectivity index (χ4n) is 3.91. The number of carbonyl (C=O) groups is 2. The molecule has 1 amide bonds. The van der Waals surface area contributed by atoms with Crippen LogP contribution >= 0.6 is 0 Å². The van der Waals surface area contributed by atoms with Gasteiger partial charge in [-0.25, -0.2) is 4.79 Å². The normalized spacial score (nSPS) is 21.8. The molecule has 1 fully saturated rings. The molecule has 1 heterocycles. The van der Waals surface area contributed by atoms with Crippen LogP contribution in [0.1, 0.15) is 32.7 Å². The van der Waals surface area contributed by atoms with Crippen LogP contribution in [0.3, 0.4) is 0 Å². The Kier molecular flexibility index (Phi) is 5.91. The Balaban J connectivity index is 1.88. The molecule has 2 aromatic carbocycles. The number of nitrogens with zero attached hydrogens (tertiary/aromatic N) is 2. The third-order valence-electron chi connectivity index (χ3n) is 5.48. The highest BCUT2D eigenvalue weighted by Gasteiger charge is 2.45. The average molecular weight is 398 g/mol. The fourth-order valence-corrected chi connectivity index (χ4v) is 3.91. The molecular formula is C22H26N2O5. The van der Waals surface area contributed by atoms with E-state index < -0.39 is 11.6 Å². The maximum Gasteiger partial charge on any atom is 0.338 e. The van der Waals surface area contributed by atoms with Crippen molar-refractivity contribution in [2.24, 2.45) is 0 Å². The van der Waals surface area contributed by atoms with Gasteiger partial charge in [0.15, 0.2) is 0 Å². The first-order valence-electron chi connectivity index (χ1n) is 9.42. The number of rotatable bonds is 4. The number of amides is 1. The Morgan fingerprint density at radius 3 is 2.41 bits per heavy atom. The second-order valence-corrected chi connectivity index (χ2v) is 7.53. The number of benzene rings is 2. The molecule has 2 N–H and O–H groups in total. The zero-order valence-corrected chi connectivity index (χ0v) is 16.8. The Labute approximate surface area is 170 Å². The fraction of sp³-hybridized carbons (Fsp3) is 0.364. The van der Waals surface area contributed by atoms with Crippen LogP contribution in [0.5, 0.6) is 5.75 Å². The highest BCUT2D eigenvalue weighted by Crippen LogP contribution is 2.35. The minimum absolute atomic E-state index is 0.109. The van der Waals surface area contributed by atoms with Gasteiger partial charge in [0.25, 0.3) is 5.91 Å². The quantitative estimate of drug-likeness (QED) is 0.764. The van der Waals surface area contributed by atoms with Gasteiger partial charge in [-0.15, -0.1) is 0 Å². The van der Waals surface area contributed by atoms with Crippen LogP contribution in [-0.4, -0.2) is 72.2 Å². The van der Waals surface area contributed by atoms with E-state index in [1.807, 2.05) is 49.3 Å². The van der Waals surface area contributed by atoms with Crippen LogP contribution in [0.15, 0.2) is 48.5 Å². The molecule has 3 rings (SSSR count). The van der Waals surface area contributed by atoms with E-state index in [2.05, 4.69) is 4.74 Å². The van der Waals surface area contributed by atoms with Gasteiger partial charge in [0.05, 0.1) is 18.7 Å². The summed E-state index contributed by atoms with van der Waals surface area (Å²) in [6.07, 6.45) is 0.369. The number of methoxy groups -OCH3 is 1. The monoisotopic (exact) mass is 398 g/mol. The Morgan fingerprint density at radius 1 is 1.14 bits per heavy atom. The number of piperidine rings is 1. The van der Waals surface area contributed by atoms with Gasteiger partial charge >= 0.3 is 5.97 Å². The first-order chi connectivity index (χ1) is 13.8. The maximum atomic E-state index is 13.1. The van der Waals surface area contributed by atoms with Crippen LogP contribution in [0, 0.1) is 0 Å². The number of likely N-dealkylation sites (N-methyl/N-ethyl adjacent to an activating group) is 1. The van der Waals surface area contributed by atoms with E-state index in [1.165, 1.54) is 25.3 Å². The lowest BCUT2D eigenvalue weighted by atomic mass is 9.79. The van der Waals surface area contributed by atoms with Crippen molar-refractivity contribution < 1.29 is 24.5 Å². The number of aromatic hydroxyl groups is 1. The number of hydrogen-bond donors (Lipinski definition) is 2. The number of esters is 1. The highest BCUT2D eigenvalue weighted by atomic mass is 16.5. The zero-order chi connectivity index (χ0) is 21.2. The number of carbonyl (C=O) groups excluding carboxylic acids is 2. The molecular weight excluding hydrogens is 372 g/mol. The molecule has 0 spiro atoms. The van der Waals surface area contributed by atoms with Gasteiger partial charge in [-0.2, -0.15) is 0 Å². The van der Waals surface area contributed by atoms with Crippen molar-refractivity contribution in [1.82, 2.24) is 9.80 Å². The molecule has 0 aliphatic carbocycles. The van der Waals surface area contributed by atoms with Crippen LogP contribution in [0.4, 0.5) is 0 Å². The smallest absolute Gasteiger partial charge is 0.338 e. The second kappa shape index (κ2) is 8.23. The molecule has 0 radical (unpaired) electrons. The summed E-state index contributed by atoms with van der Waals surface area (Å²) in [5.74, 6) is -1.12. The molecule has 0 saturated carbocycles. The van der Waals surface area contributed by atoms with E-state index >= 15 is 0 Å². The summed E-state index contributed by atoms with van der Waals surface area (Å²) in [4.78, 5) is 28.4. The van der Waals surface area contributed by atoms with Crippen LogP contribution in [0.2, 0.25) is 0 Å². The molecule has 0 bridgehead atoms. The minimum Gasteiger partial charge on any atom is -0.508 e. The predicted octanol–water partition coefficient (Wildman–Crippen LogP) is 1.84. The van der Waals surface area contributed by atoms with Gasteiger partial charge in [0.1, 0.15) is 11.4 Å². The SMILES string of the molecule is COC(=O)c1cc(O)cc(C(=O)N2CC[C@](O)(c3ccccc3)[C@H](N(C)C)C2)c1. The number of aliphatic hydroxyl groups is 1. The van der Waals surface area contributed by atoms with Crippen molar-refractivity contribution in [3.05, 3.63) is 65.2 Å². The van der Waals surface area contributed by atoms with Gasteiger partial charge in [-0.3, -0.25) is 4.79 Å². The Bertz CT molecular complexity index is 899. The van der Waals surface area contributed by atoms with Gasteiger partial charge in [-0.1, -0.05) is 30.3 Å². The predicted molar refractivity (Wildman–Crippen MR) is 108 cm³/mol. The number of hydrogen-bond acceptors (Lipinski definition) is 6. The third kappa shape index (κ3) is 4.11. The largest absolute Gasteiger partial charge is 0.508 e. The number of ether oxygens (including phenoxy) is 1. The molecule has 1 aliphatic heterocycles. The standard InChI is InChI=1S/C22H26N2O5/c1-23(2)19-14-24(10-9-22(19,28)17-7-5-4-6-8-17)20(26)15-11-16(21(27)29-3)13-18(25)12-15/h4-8,11-13,19,25,28H,9-10,14H2,1-3H3/t19-,22+/m1/s1. The molecule has 7 heteroatoms. The lowest BCUT2D eigenvalue weighted by Gasteiger charge is -2.47. The van der Waals surface area contributed by atoms with Crippen molar-refractivity contribution in [2.75, 3.05) is 34.3 Å².